The summed E-state index contributed by atoms with van der Waals surface area (Å²) in [7, 11) is -3.55. The number of nitrogens with one attached hydrogen (secondary N) is 2. The van der Waals surface area contributed by atoms with E-state index in [0.717, 1.165) is 19.3 Å². The van der Waals surface area contributed by atoms with Gasteiger partial charge >= 0.3 is 0 Å². The molecule has 11 heteroatoms. The van der Waals surface area contributed by atoms with E-state index in [0.29, 0.717) is 42.3 Å². The molecule has 0 saturated carbocycles. The molecule has 0 spiro atoms. The van der Waals surface area contributed by atoms with E-state index in [1.165, 1.54) is 39.3 Å². The minimum absolute atomic E-state index is 0.163. The molecule has 1 aliphatic rings. The maximum atomic E-state index is 12.9. The number of hydrogen-bond acceptors (Lipinski definition) is 6. The van der Waals surface area contributed by atoms with Crippen molar-refractivity contribution in [3.8, 4) is 5.95 Å². The van der Waals surface area contributed by atoms with Crippen molar-refractivity contribution >= 4 is 21.7 Å². The SMILES string of the molecule is CCCc1cc(=O)[nH]c(-n2nc(C)cc2NC(=O)c2ccc(S(=O)(=O)N3CCCC3)cc2)n1. The predicted molar refractivity (Wildman–Crippen MR) is 123 cm³/mol. The van der Waals surface area contributed by atoms with Gasteiger partial charge in [0, 0.05) is 36.5 Å². The van der Waals surface area contributed by atoms with Crippen molar-refractivity contribution in [3.05, 3.63) is 63.7 Å². The molecule has 0 aliphatic carbocycles. The summed E-state index contributed by atoms with van der Waals surface area (Å²) >= 11 is 0. The van der Waals surface area contributed by atoms with Crippen molar-refractivity contribution in [2.24, 2.45) is 0 Å². The van der Waals surface area contributed by atoms with Gasteiger partial charge in [0.1, 0.15) is 5.82 Å². The van der Waals surface area contributed by atoms with Crippen molar-refractivity contribution in [3.63, 3.8) is 0 Å². The minimum atomic E-state index is -3.55. The molecule has 1 saturated heterocycles. The van der Waals surface area contributed by atoms with Gasteiger partial charge in [0.25, 0.3) is 11.5 Å². The van der Waals surface area contributed by atoms with Crippen molar-refractivity contribution in [1.29, 1.82) is 0 Å². The third-order valence-electron chi connectivity index (χ3n) is 5.38. The molecule has 174 valence electrons. The molecule has 0 unspecified atom stereocenters. The van der Waals surface area contributed by atoms with Gasteiger partial charge in [0.05, 0.1) is 10.6 Å². The third-order valence-corrected chi connectivity index (χ3v) is 7.29. The first-order valence-electron chi connectivity index (χ1n) is 10.9. The fourth-order valence-corrected chi connectivity index (χ4v) is 5.29. The number of aromatic nitrogens is 4. The average molecular weight is 471 g/mol. The highest BCUT2D eigenvalue weighted by atomic mass is 32.2. The van der Waals surface area contributed by atoms with Crippen LogP contribution in [0.4, 0.5) is 5.82 Å². The molecule has 2 N–H and O–H groups in total. The van der Waals surface area contributed by atoms with E-state index < -0.39 is 15.9 Å². The second-order valence-corrected chi connectivity index (χ2v) is 9.92. The first-order chi connectivity index (χ1) is 15.8. The number of aromatic amines is 1. The zero-order chi connectivity index (χ0) is 23.6. The van der Waals surface area contributed by atoms with Crippen molar-refractivity contribution < 1.29 is 13.2 Å². The highest BCUT2D eigenvalue weighted by Gasteiger charge is 2.27. The van der Waals surface area contributed by atoms with Gasteiger partial charge in [0.15, 0.2) is 0 Å². The molecule has 33 heavy (non-hydrogen) atoms. The summed E-state index contributed by atoms with van der Waals surface area (Å²) in [6, 6.07) is 8.95. The normalized spacial score (nSPS) is 14.5. The van der Waals surface area contributed by atoms with Gasteiger partial charge in [0.2, 0.25) is 16.0 Å². The first-order valence-corrected chi connectivity index (χ1v) is 12.3. The standard InChI is InChI=1S/C22H26N6O4S/c1-3-6-17-14-20(29)25-22(23-17)28-19(13-15(2)26-28)24-21(30)16-7-9-18(10-8-16)33(31,32)27-11-4-5-12-27/h7-10,13-14H,3-6,11-12H2,1-2H3,(H,24,30)(H,23,25,29). The molecular formula is C22H26N6O4S. The molecule has 0 radical (unpaired) electrons. The Morgan fingerprint density at radius 2 is 1.85 bits per heavy atom. The minimum Gasteiger partial charge on any atom is -0.306 e. The molecule has 1 aliphatic heterocycles. The van der Waals surface area contributed by atoms with Gasteiger partial charge in [-0.25, -0.2) is 13.4 Å². The zero-order valence-electron chi connectivity index (χ0n) is 18.5. The van der Waals surface area contributed by atoms with Crippen LogP contribution in [0.5, 0.6) is 0 Å². The Kier molecular flexibility index (Phi) is 6.43. The van der Waals surface area contributed by atoms with Gasteiger partial charge in [-0.15, -0.1) is 0 Å². The van der Waals surface area contributed by atoms with E-state index >= 15 is 0 Å². The van der Waals surface area contributed by atoms with Crippen LogP contribution in [0.2, 0.25) is 0 Å². The monoisotopic (exact) mass is 470 g/mol. The van der Waals surface area contributed by atoms with Crippen LogP contribution in [-0.2, 0) is 16.4 Å². The Bertz CT molecular complexity index is 1320. The van der Waals surface area contributed by atoms with E-state index in [2.05, 4.69) is 20.4 Å². The van der Waals surface area contributed by atoms with E-state index in [-0.39, 0.29) is 16.4 Å². The third kappa shape index (κ3) is 4.88. The maximum absolute atomic E-state index is 12.9. The molecule has 0 atom stereocenters. The van der Waals surface area contributed by atoms with Crippen molar-refractivity contribution in [2.45, 2.75) is 44.4 Å². The highest BCUT2D eigenvalue weighted by molar-refractivity contribution is 7.89. The molecule has 1 fully saturated rings. The lowest BCUT2D eigenvalue weighted by molar-refractivity contribution is 0.102. The van der Waals surface area contributed by atoms with Crippen LogP contribution < -0.4 is 10.9 Å². The molecule has 1 amide bonds. The molecule has 10 nitrogen and oxygen atoms in total. The number of benzene rings is 1. The predicted octanol–water partition coefficient (Wildman–Crippen LogP) is 2.25. The topological polar surface area (TPSA) is 130 Å². The smallest absolute Gasteiger partial charge is 0.256 e. The van der Waals surface area contributed by atoms with E-state index in [4.69, 9.17) is 0 Å². The number of nitrogens with zero attached hydrogens (tertiary/aromatic N) is 4. The first kappa shape index (κ1) is 22.9. The number of amides is 1. The summed E-state index contributed by atoms with van der Waals surface area (Å²) in [4.78, 5) is 32.2. The summed E-state index contributed by atoms with van der Waals surface area (Å²) in [6.45, 7) is 4.79. The molecule has 4 rings (SSSR count). The van der Waals surface area contributed by atoms with Gasteiger partial charge in [-0.3, -0.25) is 14.6 Å². The Morgan fingerprint density at radius 1 is 1.15 bits per heavy atom. The fourth-order valence-electron chi connectivity index (χ4n) is 3.77. The second kappa shape index (κ2) is 9.28. The zero-order valence-corrected chi connectivity index (χ0v) is 19.4. The molecule has 3 aromatic rings. The summed E-state index contributed by atoms with van der Waals surface area (Å²) in [5.41, 5.74) is 1.25. The van der Waals surface area contributed by atoms with Crippen molar-refractivity contribution in [1.82, 2.24) is 24.1 Å². The van der Waals surface area contributed by atoms with Gasteiger partial charge in [-0.05, 0) is 50.5 Å². The summed E-state index contributed by atoms with van der Waals surface area (Å²) in [6.07, 6.45) is 3.19. The van der Waals surface area contributed by atoms with Crippen LogP contribution in [0.1, 0.15) is 47.9 Å². The van der Waals surface area contributed by atoms with Crippen LogP contribution in [0.25, 0.3) is 5.95 Å². The summed E-state index contributed by atoms with van der Waals surface area (Å²) in [5.74, 6) is 0.109. The van der Waals surface area contributed by atoms with E-state index in [1.54, 1.807) is 13.0 Å². The molecule has 3 heterocycles. The van der Waals surface area contributed by atoms with Gasteiger partial charge < -0.3 is 5.32 Å². The Labute approximate surface area is 191 Å². The summed E-state index contributed by atoms with van der Waals surface area (Å²) < 4.78 is 28.2. The number of carbonyl (C=O) groups excluding carboxylic acids is 1. The molecule has 0 bridgehead atoms. The fraction of sp³-hybridized carbons (Fsp3) is 0.364. The van der Waals surface area contributed by atoms with Crippen molar-refractivity contribution in [2.75, 3.05) is 18.4 Å². The second-order valence-electron chi connectivity index (χ2n) is 7.98. The largest absolute Gasteiger partial charge is 0.306 e. The van der Waals surface area contributed by atoms with Gasteiger partial charge in [-0.1, -0.05) is 13.3 Å². The average Bonchev–Trinajstić information content (AvgIpc) is 3.44. The molecule has 2 aromatic heterocycles. The number of H-pyrrole nitrogens is 1. The van der Waals surface area contributed by atoms with Crippen LogP contribution in [0.3, 0.4) is 0 Å². The van der Waals surface area contributed by atoms with Gasteiger partial charge in [-0.2, -0.15) is 14.1 Å². The Morgan fingerprint density at radius 3 is 2.52 bits per heavy atom. The molecule has 1 aromatic carbocycles. The molecular weight excluding hydrogens is 444 g/mol. The number of aryl methyl sites for hydroxylation is 2. The van der Waals surface area contributed by atoms with Crippen LogP contribution in [0, 0.1) is 6.92 Å². The number of carbonyl (C=O) groups is 1. The lowest BCUT2D eigenvalue weighted by Crippen LogP contribution is -2.27. The number of sulfonamides is 1. The maximum Gasteiger partial charge on any atom is 0.256 e. The summed E-state index contributed by atoms with van der Waals surface area (Å²) in [5, 5.41) is 7.11. The Hall–Kier alpha value is -3.31. The quantitative estimate of drug-likeness (QED) is 0.545. The Balaban J connectivity index is 1.57. The van der Waals surface area contributed by atoms with E-state index in [9.17, 15) is 18.0 Å². The lowest BCUT2D eigenvalue weighted by atomic mass is 10.2. The van der Waals surface area contributed by atoms with Crippen LogP contribution in [0.15, 0.2) is 46.1 Å². The number of hydrogen-bond donors (Lipinski definition) is 2. The van der Waals surface area contributed by atoms with Crippen LogP contribution >= 0.6 is 0 Å². The number of anilines is 1. The van der Waals surface area contributed by atoms with E-state index in [1.807, 2.05) is 6.92 Å². The van der Waals surface area contributed by atoms with Crippen LogP contribution in [-0.4, -0.2) is 51.5 Å². The number of rotatable bonds is 7. The highest BCUT2D eigenvalue weighted by Crippen LogP contribution is 2.22. The lowest BCUT2D eigenvalue weighted by Gasteiger charge is -2.15.